The molecule has 1 aromatic carbocycles. The summed E-state index contributed by atoms with van der Waals surface area (Å²) in [5, 5.41) is 13.8. The molecular formula is C20H18N2O3S. The van der Waals surface area contributed by atoms with Crippen LogP contribution in [0.25, 0.3) is 11.0 Å². The predicted octanol–water partition coefficient (Wildman–Crippen LogP) is 4.90. The number of nitrogens with zero attached hydrogens (tertiary/aromatic N) is 1. The Balaban J connectivity index is 1.65. The van der Waals surface area contributed by atoms with Crippen molar-refractivity contribution in [3.8, 4) is 11.8 Å². The maximum absolute atomic E-state index is 12.7. The van der Waals surface area contributed by atoms with Gasteiger partial charge in [0.2, 0.25) is 0 Å². The zero-order valence-electron chi connectivity index (χ0n) is 14.4. The molecule has 0 radical (unpaired) electrons. The van der Waals surface area contributed by atoms with Gasteiger partial charge < -0.3 is 14.5 Å². The van der Waals surface area contributed by atoms with E-state index >= 15 is 0 Å². The van der Waals surface area contributed by atoms with Gasteiger partial charge in [-0.15, -0.1) is 11.3 Å². The molecule has 0 unspecified atom stereocenters. The number of carbonyl (C=O) groups excluding carboxylic acids is 1. The number of fused-ring (bicyclic) bond motifs is 2. The van der Waals surface area contributed by atoms with Gasteiger partial charge in [-0.3, -0.25) is 4.79 Å². The van der Waals surface area contributed by atoms with Crippen LogP contribution in [0.3, 0.4) is 0 Å². The molecule has 1 aliphatic carbocycles. The zero-order valence-corrected chi connectivity index (χ0v) is 15.2. The van der Waals surface area contributed by atoms with Gasteiger partial charge in [-0.2, -0.15) is 5.26 Å². The number of para-hydroxylation sites is 1. The van der Waals surface area contributed by atoms with Crippen LogP contribution in [0.4, 0.5) is 5.00 Å². The highest BCUT2D eigenvalue weighted by atomic mass is 32.1. The van der Waals surface area contributed by atoms with Crippen LogP contribution in [-0.2, 0) is 12.8 Å². The van der Waals surface area contributed by atoms with Gasteiger partial charge in [0.15, 0.2) is 17.1 Å². The molecule has 5 nitrogen and oxygen atoms in total. The number of furan rings is 1. The Morgan fingerprint density at radius 2 is 2.23 bits per heavy atom. The second kappa shape index (κ2) is 6.85. The third-order valence-electron chi connectivity index (χ3n) is 4.54. The summed E-state index contributed by atoms with van der Waals surface area (Å²) < 4.78 is 11.3. The highest BCUT2D eigenvalue weighted by Gasteiger charge is 2.23. The Morgan fingerprint density at radius 3 is 3.04 bits per heavy atom. The minimum absolute atomic E-state index is 0.211. The second-order valence-electron chi connectivity index (χ2n) is 6.20. The number of anilines is 1. The number of amides is 1. The molecule has 0 saturated carbocycles. The molecule has 26 heavy (non-hydrogen) atoms. The SMILES string of the molecule is CCOc1cccc2cc(C(=O)Nc3sc4c(c3C#N)CCCC4)oc12. The van der Waals surface area contributed by atoms with Gasteiger partial charge in [-0.05, 0) is 50.3 Å². The summed E-state index contributed by atoms with van der Waals surface area (Å²) in [6.45, 7) is 2.42. The molecule has 4 rings (SSSR count). The van der Waals surface area contributed by atoms with Crippen molar-refractivity contribution in [3.05, 3.63) is 46.0 Å². The Morgan fingerprint density at radius 1 is 1.38 bits per heavy atom. The smallest absolute Gasteiger partial charge is 0.292 e. The topological polar surface area (TPSA) is 75.3 Å². The Bertz CT molecular complexity index is 1030. The number of hydrogen-bond donors (Lipinski definition) is 1. The Labute approximate surface area is 155 Å². The molecular weight excluding hydrogens is 348 g/mol. The number of aryl methyl sites for hydroxylation is 1. The first-order chi connectivity index (χ1) is 12.7. The summed E-state index contributed by atoms with van der Waals surface area (Å²) in [7, 11) is 0. The quantitative estimate of drug-likeness (QED) is 0.713. The molecule has 1 N–H and O–H groups in total. The highest BCUT2D eigenvalue weighted by Crippen LogP contribution is 2.38. The molecule has 0 atom stereocenters. The van der Waals surface area contributed by atoms with Gasteiger partial charge in [0.25, 0.3) is 5.91 Å². The van der Waals surface area contributed by atoms with Crippen molar-refractivity contribution in [2.24, 2.45) is 0 Å². The zero-order chi connectivity index (χ0) is 18.1. The van der Waals surface area contributed by atoms with Crippen LogP contribution in [0, 0.1) is 11.3 Å². The van der Waals surface area contributed by atoms with Crippen LogP contribution in [0.15, 0.2) is 28.7 Å². The summed E-state index contributed by atoms with van der Waals surface area (Å²) in [6.07, 6.45) is 4.12. The number of ether oxygens (including phenoxy) is 1. The summed E-state index contributed by atoms with van der Waals surface area (Å²) in [6, 6.07) is 9.52. The van der Waals surface area contributed by atoms with Gasteiger partial charge in [-0.25, -0.2) is 0 Å². The highest BCUT2D eigenvalue weighted by molar-refractivity contribution is 7.16. The van der Waals surface area contributed by atoms with Crippen LogP contribution < -0.4 is 10.1 Å². The average Bonchev–Trinajstić information content (AvgIpc) is 3.23. The van der Waals surface area contributed by atoms with Crippen molar-refractivity contribution in [2.45, 2.75) is 32.6 Å². The lowest BCUT2D eigenvalue weighted by atomic mass is 9.96. The van der Waals surface area contributed by atoms with E-state index in [0.717, 1.165) is 36.6 Å². The van der Waals surface area contributed by atoms with Crippen molar-refractivity contribution in [3.63, 3.8) is 0 Å². The number of benzene rings is 1. The van der Waals surface area contributed by atoms with Crippen molar-refractivity contribution in [1.82, 2.24) is 0 Å². The summed E-state index contributed by atoms with van der Waals surface area (Å²) in [5.74, 6) is 0.481. The van der Waals surface area contributed by atoms with Crippen LogP contribution in [-0.4, -0.2) is 12.5 Å². The number of nitriles is 1. The molecule has 0 bridgehead atoms. The third kappa shape index (κ3) is 2.85. The van der Waals surface area contributed by atoms with E-state index in [0.29, 0.717) is 28.5 Å². The van der Waals surface area contributed by atoms with Crippen molar-refractivity contribution < 1.29 is 13.9 Å². The number of nitrogens with one attached hydrogen (secondary N) is 1. The van der Waals surface area contributed by atoms with Gasteiger partial charge in [0.05, 0.1) is 12.2 Å². The van der Waals surface area contributed by atoms with E-state index in [-0.39, 0.29) is 11.7 Å². The van der Waals surface area contributed by atoms with E-state index in [1.807, 2.05) is 25.1 Å². The fraction of sp³-hybridized carbons (Fsp3) is 0.300. The van der Waals surface area contributed by atoms with E-state index in [2.05, 4.69) is 11.4 Å². The van der Waals surface area contributed by atoms with E-state index in [1.165, 1.54) is 16.2 Å². The molecule has 2 heterocycles. The molecule has 1 aliphatic rings. The number of carbonyl (C=O) groups is 1. The predicted molar refractivity (Wildman–Crippen MR) is 101 cm³/mol. The first kappa shape index (κ1) is 16.7. The first-order valence-corrected chi connectivity index (χ1v) is 9.54. The number of hydrogen-bond acceptors (Lipinski definition) is 5. The molecule has 1 amide bonds. The molecule has 0 spiro atoms. The molecule has 3 aromatic rings. The lowest BCUT2D eigenvalue weighted by Crippen LogP contribution is -2.10. The molecule has 0 fully saturated rings. The van der Waals surface area contributed by atoms with Crippen molar-refractivity contribution >= 4 is 33.2 Å². The summed E-state index contributed by atoms with van der Waals surface area (Å²) in [4.78, 5) is 13.9. The number of thiophene rings is 1. The van der Waals surface area contributed by atoms with Crippen LogP contribution in [0.1, 0.15) is 46.3 Å². The van der Waals surface area contributed by atoms with Gasteiger partial charge >= 0.3 is 0 Å². The largest absolute Gasteiger partial charge is 0.490 e. The fourth-order valence-electron chi connectivity index (χ4n) is 3.35. The summed E-state index contributed by atoms with van der Waals surface area (Å²) >= 11 is 1.51. The van der Waals surface area contributed by atoms with Gasteiger partial charge in [-0.1, -0.05) is 12.1 Å². The van der Waals surface area contributed by atoms with Crippen molar-refractivity contribution in [1.29, 1.82) is 5.26 Å². The molecule has 6 heteroatoms. The van der Waals surface area contributed by atoms with Gasteiger partial charge in [0, 0.05) is 10.3 Å². The lowest BCUT2D eigenvalue weighted by molar-refractivity contribution is 0.0999. The minimum Gasteiger partial charge on any atom is -0.490 e. The molecule has 0 saturated heterocycles. The van der Waals surface area contributed by atoms with E-state index in [4.69, 9.17) is 9.15 Å². The van der Waals surface area contributed by atoms with Crippen molar-refractivity contribution in [2.75, 3.05) is 11.9 Å². The molecule has 132 valence electrons. The minimum atomic E-state index is -0.348. The van der Waals surface area contributed by atoms with E-state index in [1.54, 1.807) is 6.07 Å². The average molecular weight is 366 g/mol. The molecule has 0 aliphatic heterocycles. The maximum atomic E-state index is 12.7. The monoisotopic (exact) mass is 366 g/mol. The van der Waals surface area contributed by atoms with E-state index in [9.17, 15) is 10.1 Å². The number of rotatable bonds is 4. The van der Waals surface area contributed by atoms with Gasteiger partial charge in [0.1, 0.15) is 11.1 Å². The maximum Gasteiger partial charge on any atom is 0.292 e. The Hall–Kier alpha value is -2.78. The summed E-state index contributed by atoms with van der Waals surface area (Å²) in [5.41, 5.74) is 2.26. The second-order valence-corrected chi connectivity index (χ2v) is 7.30. The first-order valence-electron chi connectivity index (χ1n) is 8.72. The normalized spacial score (nSPS) is 13.2. The standard InChI is InChI=1S/C20H18N2O3S/c1-2-24-15-8-5-6-12-10-16(25-18(12)15)19(23)22-20-14(11-21)13-7-3-4-9-17(13)26-20/h5-6,8,10H,2-4,7,9H2,1H3,(H,22,23). The van der Waals surface area contributed by atoms with Crippen LogP contribution in [0.5, 0.6) is 5.75 Å². The fourth-order valence-corrected chi connectivity index (χ4v) is 4.59. The van der Waals surface area contributed by atoms with Crippen LogP contribution >= 0.6 is 11.3 Å². The Kier molecular flexibility index (Phi) is 4.39. The van der Waals surface area contributed by atoms with Crippen LogP contribution in [0.2, 0.25) is 0 Å². The lowest BCUT2D eigenvalue weighted by Gasteiger charge is -2.09. The van der Waals surface area contributed by atoms with E-state index < -0.39 is 0 Å². The third-order valence-corrected chi connectivity index (χ3v) is 5.75. The molecule has 2 aromatic heterocycles.